The van der Waals surface area contributed by atoms with Crippen LogP contribution in [0.1, 0.15) is 39.5 Å². The van der Waals surface area contributed by atoms with E-state index in [0.717, 1.165) is 25.4 Å². The number of unbranched alkanes of at least 4 members (excludes halogenated alkanes) is 3. The molecule has 2 nitrogen and oxygen atoms in total. The number of nitrogens with one attached hydrogen (secondary N) is 1. The Bertz CT molecular complexity index is 385. The Hall–Kier alpha value is -0.610. The van der Waals surface area contributed by atoms with Crippen LogP contribution in [0.5, 0.6) is 5.75 Å². The van der Waals surface area contributed by atoms with Crippen molar-refractivity contribution >= 4 is 15.9 Å². The molecule has 0 aliphatic heterocycles. The highest BCUT2D eigenvalue weighted by Gasteiger charge is 2.02. The number of benzene rings is 1. The van der Waals surface area contributed by atoms with Gasteiger partial charge >= 0.3 is 0 Å². The van der Waals surface area contributed by atoms with E-state index in [1.54, 1.807) is 6.07 Å². The summed E-state index contributed by atoms with van der Waals surface area (Å²) in [5.41, 5.74) is 0. The zero-order chi connectivity index (χ0) is 14.8. The van der Waals surface area contributed by atoms with E-state index >= 15 is 0 Å². The highest BCUT2D eigenvalue weighted by molar-refractivity contribution is 9.10. The fourth-order valence-electron chi connectivity index (χ4n) is 1.87. The molecule has 0 saturated heterocycles. The smallest absolute Gasteiger partial charge is 0.133 e. The second kappa shape index (κ2) is 10.2. The van der Waals surface area contributed by atoms with Gasteiger partial charge in [0.05, 0.1) is 11.1 Å². The third kappa shape index (κ3) is 7.85. The van der Waals surface area contributed by atoms with Gasteiger partial charge in [-0.25, -0.2) is 4.39 Å². The highest BCUT2D eigenvalue weighted by Crippen LogP contribution is 2.25. The summed E-state index contributed by atoms with van der Waals surface area (Å²) in [4.78, 5) is 0. The van der Waals surface area contributed by atoms with Crippen LogP contribution in [0.15, 0.2) is 22.7 Å². The van der Waals surface area contributed by atoms with Gasteiger partial charge in [-0.15, -0.1) is 0 Å². The summed E-state index contributed by atoms with van der Waals surface area (Å²) in [5.74, 6) is 1.18. The summed E-state index contributed by atoms with van der Waals surface area (Å²) < 4.78 is 19.2. The summed E-state index contributed by atoms with van der Waals surface area (Å²) in [6.07, 6.45) is 4.64. The number of halogens is 2. The van der Waals surface area contributed by atoms with Gasteiger partial charge in [-0.1, -0.05) is 26.7 Å². The fraction of sp³-hybridized carbons (Fsp3) is 0.625. The summed E-state index contributed by atoms with van der Waals surface area (Å²) in [6, 6.07) is 4.51. The van der Waals surface area contributed by atoms with Crippen LogP contribution in [-0.2, 0) is 0 Å². The molecule has 0 aliphatic rings. The van der Waals surface area contributed by atoms with Crippen molar-refractivity contribution in [3.05, 3.63) is 28.5 Å². The Morgan fingerprint density at radius 1 is 1.20 bits per heavy atom. The van der Waals surface area contributed by atoms with Crippen LogP contribution < -0.4 is 10.1 Å². The van der Waals surface area contributed by atoms with Crippen molar-refractivity contribution in [1.29, 1.82) is 0 Å². The molecule has 0 bridgehead atoms. The lowest BCUT2D eigenvalue weighted by molar-refractivity contribution is 0.302. The molecule has 0 radical (unpaired) electrons. The Kier molecular flexibility index (Phi) is 8.86. The second-order valence-corrected chi connectivity index (χ2v) is 6.29. The first-order valence-electron chi connectivity index (χ1n) is 7.38. The van der Waals surface area contributed by atoms with Gasteiger partial charge in [-0.2, -0.15) is 0 Å². The molecule has 0 spiro atoms. The largest absolute Gasteiger partial charge is 0.492 e. The number of hydrogen-bond donors (Lipinski definition) is 1. The molecule has 20 heavy (non-hydrogen) atoms. The lowest BCUT2D eigenvalue weighted by Crippen LogP contribution is -2.20. The molecule has 0 saturated carbocycles. The number of rotatable bonds is 10. The minimum Gasteiger partial charge on any atom is -0.492 e. The van der Waals surface area contributed by atoms with Crippen molar-refractivity contribution in [3.63, 3.8) is 0 Å². The van der Waals surface area contributed by atoms with Crippen molar-refractivity contribution in [2.75, 3.05) is 19.7 Å². The van der Waals surface area contributed by atoms with E-state index in [9.17, 15) is 4.39 Å². The topological polar surface area (TPSA) is 21.3 Å². The van der Waals surface area contributed by atoms with E-state index in [1.807, 2.05) is 0 Å². The molecule has 0 heterocycles. The summed E-state index contributed by atoms with van der Waals surface area (Å²) in [6.45, 7) is 7.32. The molecular formula is C16H25BrFNO. The van der Waals surface area contributed by atoms with Crippen LogP contribution in [0, 0.1) is 11.7 Å². The lowest BCUT2D eigenvalue weighted by Gasteiger charge is -2.09. The standard InChI is InChI=1S/C16H25BrFNO/c1-13(2)12-19-9-5-3-4-6-10-20-16-8-7-14(18)11-15(16)17/h7-8,11,13,19H,3-6,9-10,12H2,1-2H3. The van der Waals surface area contributed by atoms with Gasteiger partial charge in [0.25, 0.3) is 0 Å². The third-order valence-corrected chi connectivity index (χ3v) is 3.57. The first-order valence-corrected chi connectivity index (χ1v) is 8.17. The molecule has 0 unspecified atom stereocenters. The molecule has 114 valence electrons. The van der Waals surface area contributed by atoms with Gasteiger partial charge in [0.2, 0.25) is 0 Å². The molecule has 0 aromatic heterocycles. The number of hydrogen-bond acceptors (Lipinski definition) is 2. The minimum absolute atomic E-state index is 0.252. The van der Waals surface area contributed by atoms with Crippen LogP contribution >= 0.6 is 15.9 Å². The summed E-state index contributed by atoms with van der Waals surface area (Å²) in [7, 11) is 0. The summed E-state index contributed by atoms with van der Waals surface area (Å²) in [5, 5.41) is 3.44. The quantitative estimate of drug-likeness (QED) is 0.616. The van der Waals surface area contributed by atoms with E-state index < -0.39 is 0 Å². The van der Waals surface area contributed by atoms with Gasteiger partial charge < -0.3 is 10.1 Å². The van der Waals surface area contributed by atoms with Crippen molar-refractivity contribution in [2.24, 2.45) is 5.92 Å². The van der Waals surface area contributed by atoms with Gasteiger partial charge in [-0.3, -0.25) is 0 Å². The highest BCUT2D eigenvalue weighted by atomic mass is 79.9. The molecule has 0 fully saturated rings. The average Bonchev–Trinajstić information content (AvgIpc) is 2.38. The Labute approximate surface area is 130 Å². The van der Waals surface area contributed by atoms with E-state index in [1.165, 1.54) is 31.4 Å². The van der Waals surface area contributed by atoms with Crippen LogP contribution in [0.25, 0.3) is 0 Å². The third-order valence-electron chi connectivity index (χ3n) is 2.95. The SMILES string of the molecule is CC(C)CNCCCCCCOc1ccc(F)cc1Br. The normalized spacial score (nSPS) is 11.1. The van der Waals surface area contributed by atoms with Crippen LogP contribution in [0.4, 0.5) is 4.39 Å². The minimum atomic E-state index is -0.252. The molecule has 1 N–H and O–H groups in total. The van der Waals surface area contributed by atoms with E-state index in [4.69, 9.17) is 4.74 Å². The fourth-order valence-corrected chi connectivity index (χ4v) is 2.34. The van der Waals surface area contributed by atoms with Gasteiger partial charge in [-0.05, 0) is 66.0 Å². The van der Waals surface area contributed by atoms with E-state index in [0.29, 0.717) is 16.8 Å². The average molecular weight is 346 g/mol. The molecule has 1 aromatic carbocycles. The predicted molar refractivity (Wildman–Crippen MR) is 85.8 cm³/mol. The maximum atomic E-state index is 12.9. The molecule has 1 aromatic rings. The van der Waals surface area contributed by atoms with Crippen molar-refractivity contribution in [1.82, 2.24) is 5.32 Å². The molecule has 0 atom stereocenters. The molecular weight excluding hydrogens is 321 g/mol. The van der Waals surface area contributed by atoms with E-state index in [-0.39, 0.29) is 5.82 Å². The van der Waals surface area contributed by atoms with Crippen molar-refractivity contribution in [3.8, 4) is 5.75 Å². The van der Waals surface area contributed by atoms with E-state index in [2.05, 4.69) is 35.1 Å². The van der Waals surface area contributed by atoms with Crippen molar-refractivity contribution in [2.45, 2.75) is 39.5 Å². The van der Waals surface area contributed by atoms with Gasteiger partial charge in [0.1, 0.15) is 11.6 Å². The monoisotopic (exact) mass is 345 g/mol. The Morgan fingerprint density at radius 3 is 2.65 bits per heavy atom. The molecule has 1 rings (SSSR count). The van der Waals surface area contributed by atoms with Gasteiger partial charge in [0, 0.05) is 0 Å². The first kappa shape index (κ1) is 17.4. The lowest BCUT2D eigenvalue weighted by atomic mass is 10.2. The maximum Gasteiger partial charge on any atom is 0.133 e. The van der Waals surface area contributed by atoms with Gasteiger partial charge in [0.15, 0.2) is 0 Å². The second-order valence-electron chi connectivity index (χ2n) is 5.44. The summed E-state index contributed by atoms with van der Waals surface area (Å²) >= 11 is 3.30. The zero-order valence-electron chi connectivity index (χ0n) is 12.4. The number of ether oxygens (including phenoxy) is 1. The zero-order valence-corrected chi connectivity index (χ0v) is 14.0. The van der Waals surface area contributed by atoms with Crippen molar-refractivity contribution < 1.29 is 9.13 Å². The molecule has 0 aliphatic carbocycles. The Morgan fingerprint density at radius 2 is 1.95 bits per heavy atom. The predicted octanol–water partition coefficient (Wildman–Crippen LogP) is 4.77. The first-order chi connectivity index (χ1) is 9.59. The Balaban J connectivity index is 1.99. The van der Waals surface area contributed by atoms with Crippen LogP contribution in [-0.4, -0.2) is 19.7 Å². The molecule has 0 amide bonds. The van der Waals surface area contributed by atoms with Crippen LogP contribution in [0.3, 0.4) is 0 Å². The van der Waals surface area contributed by atoms with Crippen LogP contribution in [0.2, 0.25) is 0 Å². The maximum absolute atomic E-state index is 12.9. The molecule has 4 heteroatoms.